The average Bonchev–Trinajstić information content (AvgIpc) is 3.24. The predicted octanol–water partition coefficient (Wildman–Crippen LogP) is 3.51. The van der Waals surface area contributed by atoms with E-state index in [1.807, 2.05) is 32.0 Å². The molecule has 0 bridgehead atoms. The molecule has 1 fully saturated rings. The minimum Gasteiger partial charge on any atom is -0.487 e. The number of amides is 1. The Morgan fingerprint density at radius 2 is 2.21 bits per heavy atom. The molecule has 0 N–H and O–H groups in total. The number of pyridine rings is 1. The molecule has 148 valence electrons. The summed E-state index contributed by atoms with van der Waals surface area (Å²) in [6.07, 6.45) is 4.67. The third-order valence-corrected chi connectivity index (χ3v) is 5.22. The summed E-state index contributed by atoms with van der Waals surface area (Å²) < 4.78 is 17.7. The van der Waals surface area contributed by atoms with Crippen molar-refractivity contribution in [1.29, 1.82) is 0 Å². The zero-order chi connectivity index (χ0) is 19.7. The maximum atomic E-state index is 12.6. The van der Waals surface area contributed by atoms with Crippen LogP contribution in [-0.4, -0.2) is 47.2 Å². The van der Waals surface area contributed by atoms with Crippen molar-refractivity contribution in [2.45, 2.75) is 38.4 Å². The fourth-order valence-corrected chi connectivity index (χ4v) is 3.78. The summed E-state index contributed by atoms with van der Waals surface area (Å²) in [7, 11) is 0. The van der Waals surface area contributed by atoms with E-state index in [1.165, 1.54) is 0 Å². The lowest BCUT2D eigenvalue weighted by Crippen LogP contribution is -2.34. The Bertz CT molecular complexity index is 886. The average molecular weight is 403 g/mol. The number of carbonyl (C=O) groups excluding carboxylic acids is 1. The zero-order valence-corrected chi connectivity index (χ0v) is 16.7. The van der Waals surface area contributed by atoms with Crippen molar-refractivity contribution >= 4 is 17.5 Å². The van der Waals surface area contributed by atoms with Crippen molar-refractivity contribution in [2.24, 2.45) is 0 Å². The van der Waals surface area contributed by atoms with Crippen molar-refractivity contribution in [3.05, 3.63) is 47.2 Å². The van der Waals surface area contributed by atoms with Crippen LogP contribution in [0, 0.1) is 0 Å². The molecule has 7 heteroatoms. The molecule has 0 spiro atoms. The SMILES string of the molecule is CC1(C)Cc2cccc(OCC(=O)N3CCC(Oc4ccncc4Cl)C3)c2O1. The molecule has 1 saturated heterocycles. The van der Waals surface area contributed by atoms with Gasteiger partial charge in [0.25, 0.3) is 5.91 Å². The number of hydrogen-bond donors (Lipinski definition) is 0. The number of carbonyl (C=O) groups is 1. The van der Waals surface area contributed by atoms with Crippen LogP contribution in [0.25, 0.3) is 0 Å². The molecule has 4 rings (SSSR count). The number of fused-ring (bicyclic) bond motifs is 1. The Labute approximate surface area is 169 Å². The summed E-state index contributed by atoms with van der Waals surface area (Å²) in [5, 5.41) is 0.469. The Kier molecular flexibility index (Phi) is 5.06. The highest BCUT2D eigenvalue weighted by Crippen LogP contribution is 2.41. The number of likely N-dealkylation sites (tertiary alicyclic amines) is 1. The van der Waals surface area contributed by atoms with E-state index in [9.17, 15) is 4.79 Å². The standard InChI is InChI=1S/C21H23ClN2O4/c1-21(2)10-14-4-3-5-18(20(14)28-21)26-13-19(25)24-9-7-15(12-24)27-17-6-8-23-11-16(17)22/h3-6,8,11,15H,7,9-10,12-13H2,1-2H3. The summed E-state index contributed by atoms with van der Waals surface area (Å²) in [5.74, 6) is 1.89. The number of halogens is 1. The molecule has 2 aromatic rings. The van der Waals surface area contributed by atoms with Gasteiger partial charge in [-0.15, -0.1) is 0 Å². The summed E-state index contributed by atoms with van der Waals surface area (Å²) >= 11 is 6.09. The van der Waals surface area contributed by atoms with Crippen LogP contribution in [0.4, 0.5) is 0 Å². The van der Waals surface area contributed by atoms with Crippen LogP contribution in [0.5, 0.6) is 17.2 Å². The summed E-state index contributed by atoms with van der Waals surface area (Å²) in [6, 6.07) is 7.54. The van der Waals surface area contributed by atoms with Gasteiger partial charge in [-0.1, -0.05) is 23.7 Å². The first-order chi connectivity index (χ1) is 13.4. The fraction of sp³-hybridized carbons (Fsp3) is 0.429. The molecular formula is C21H23ClN2O4. The van der Waals surface area contributed by atoms with Crippen LogP contribution in [0.15, 0.2) is 36.7 Å². The van der Waals surface area contributed by atoms with Crippen LogP contribution < -0.4 is 14.2 Å². The van der Waals surface area contributed by atoms with Gasteiger partial charge < -0.3 is 19.1 Å². The normalized spacial score (nSPS) is 19.8. The van der Waals surface area contributed by atoms with E-state index in [0.29, 0.717) is 29.6 Å². The molecule has 0 saturated carbocycles. The molecule has 1 unspecified atom stereocenters. The molecular weight excluding hydrogens is 380 g/mol. The lowest BCUT2D eigenvalue weighted by Gasteiger charge is -2.20. The predicted molar refractivity (Wildman–Crippen MR) is 105 cm³/mol. The molecule has 6 nitrogen and oxygen atoms in total. The molecule has 2 aliphatic rings. The van der Waals surface area contributed by atoms with E-state index < -0.39 is 0 Å². The van der Waals surface area contributed by atoms with Crippen LogP contribution in [0.3, 0.4) is 0 Å². The molecule has 28 heavy (non-hydrogen) atoms. The van der Waals surface area contributed by atoms with Gasteiger partial charge in [-0.25, -0.2) is 0 Å². The first-order valence-electron chi connectivity index (χ1n) is 9.39. The van der Waals surface area contributed by atoms with Gasteiger partial charge >= 0.3 is 0 Å². The number of para-hydroxylation sites is 1. The van der Waals surface area contributed by atoms with E-state index in [4.69, 9.17) is 25.8 Å². The van der Waals surface area contributed by atoms with Crippen molar-refractivity contribution in [3.8, 4) is 17.2 Å². The van der Waals surface area contributed by atoms with E-state index in [1.54, 1.807) is 23.4 Å². The quantitative estimate of drug-likeness (QED) is 0.765. The topological polar surface area (TPSA) is 60.9 Å². The van der Waals surface area contributed by atoms with Gasteiger partial charge in [0, 0.05) is 43.4 Å². The van der Waals surface area contributed by atoms with Gasteiger partial charge in [0.15, 0.2) is 18.1 Å². The van der Waals surface area contributed by atoms with Crippen LogP contribution in [-0.2, 0) is 11.2 Å². The lowest BCUT2D eigenvalue weighted by molar-refractivity contribution is -0.132. The Hall–Kier alpha value is -2.47. The van der Waals surface area contributed by atoms with Gasteiger partial charge in [0.05, 0.1) is 6.54 Å². The van der Waals surface area contributed by atoms with Gasteiger partial charge in [-0.3, -0.25) is 9.78 Å². The fourth-order valence-electron chi connectivity index (χ4n) is 3.62. The highest BCUT2D eigenvalue weighted by atomic mass is 35.5. The van der Waals surface area contributed by atoms with Crippen LogP contribution in [0.2, 0.25) is 5.02 Å². The molecule has 2 aliphatic heterocycles. The highest BCUT2D eigenvalue weighted by Gasteiger charge is 2.33. The number of benzene rings is 1. The first-order valence-corrected chi connectivity index (χ1v) is 9.77. The molecule has 0 aliphatic carbocycles. The number of aromatic nitrogens is 1. The van der Waals surface area contributed by atoms with Gasteiger partial charge in [-0.2, -0.15) is 0 Å². The second-order valence-electron chi connectivity index (χ2n) is 7.75. The minimum absolute atomic E-state index is 0.0248. The van der Waals surface area contributed by atoms with E-state index in [0.717, 1.165) is 24.2 Å². The third-order valence-electron chi connectivity index (χ3n) is 4.93. The molecule has 1 atom stereocenters. The van der Waals surface area contributed by atoms with E-state index >= 15 is 0 Å². The highest BCUT2D eigenvalue weighted by molar-refractivity contribution is 6.31. The Morgan fingerprint density at radius 3 is 3.04 bits per heavy atom. The number of hydrogen-bond acceptors (Lipinski definition) is 5. The van der Waals surface area contributed by atoms with Crippen LogP contribution in [0.1, 0.15) is 25.8 Å². The molecule has 3 heterocycles. The Morgan fingerprint density at radius 1 is 1.36 bits per heavy atom. The lowest BCUT2D eigenvalue weighted by atomic mass is 10.0. The number of rotatable bonds is 5. The van der Waals surface area contributed by atoms with Crippen molar-refractivity contribution < 1.29 is 19.0 Å². The second kappa shape index (κ2) is 7.51. The van der Waals surface area contributed by atoms with Gasteiger partial charge in [0.2, 0.25) is 0 Å². The van der Waals surface area contributed by atoms with E-state index in [2.05, 4.69) is 4.98 Å². The largest absolute Gasteiger partial charge is 0.487 e. The molecule has 1 amide bonds. The van der Waals surface area contributed by atoms with Crippen LogP contribution >= 0.6 is 11.6 Å². The molecule has 0 radical (unpaired) electrons. The Balaban J connectivity index is 1.32. The summed E-state index contributed by atoms with van der Waals surface area (Å²) in [5.41, 5.74) is 0.860. The molecule has 1 aromatic heterocycles. The van der Waals surface area contributed by atoms with Gasteiger partial charge in [-0.05, 0) is 19.9 Å². The number of nitrogens with zero attached hydrogens (tertiary/aromatic N) is 2. The number of ether oxygens (including phenoxy) is 3. The summed E-state index contributed by atoms with van der Waals surface area (Å²) in [4.78, 5) is 18.3. The van der Waals surface area contributed by atoms with Crippen molar-refractivity contribution in [1.82, 2.24) is 9.88 Å². The minimum atomic E-state index is -0.250. The first kappa shape index (κ1) is 18.9. The summed E-state index contributed by atoms with van der Waals surface area (Å²) in [6.45, 7) is 5.20. The maximum Gasteiger partial charge on any atom is 0.260 e. The molecule has 1 aromatic carbocycles. The van der Waals surface area contributed by atoms with Crippen molar-refractivity contribution in [3.63, 3.8) is 0 Å². The monoisotopic (exact) mass is 402 g/mol. The van der Waals surface area contributed by atoms with Gasteiger partial charge in [0.1, 0.15) is 22.5 Å². The van der Waals surface area contributed by atoms with Crippen molar-refractivity contribution in [2.75, 3.05) is 19.7 Å². The second-order valence-corrected chi connectivity index (χ2v) is 8.15. The maximum absolute atomic E-state index is 12.6. The smallest absolute Gasteiger partial charge is 0.260 e. The third kappa shape index (κ3) is 4.02. The van der Waals surface area contributed by atoms with E-state index in [-0.39, 0.29) is 24.2 Å². The zero-order valence-electron chi connectivity index (χ0n) is 16.0.